The zero-order valence-corrected chi connectivity index (χ0v) is 14.0. The fourth-order valence-electron chi connectivity index (χ4n) is 3.11. The Kier molecular flexibility index (Phi) is 5.96. The van der Waals surface area contributed by atoms with Gasteiger partial charge in [-0.15, -0.1) is 0 Å². The number of pyridine rings is 1. The molecule has 112 valence electrons. The van der Waals surface area contributed by atoms with Crippen molar-refractivity contribution in [2.45, 2.75) is 31.8 Å². The van der Waals surface area contributed by atoms with Gasteiger partial charge in [0.2, 0.25) is 0 Å². The first-order valence-corrected chi connectivity index (χ1v) is 8.19. The van der Waals surface area contributed by atoms with E-state index in [0.717, 1.165) is 24.0 Å². The van der Waals surface area contributed by atoms with Crippen molar-refractivity contribution in [3.63, 3.8) is 0 Å². The van der Waals surface area contributed by atoms with Gasteiger partial charge in [-0.05, 0) is 54.0 Å². The molecule has 0 saturated carbocycles. The summed E-state index contributed by atoms with van der Waals surface area (Å²) in [5.41, 5.74) is 7.30. The van der Waals surface area contributed by atoms with Gasteiger partial charge in [0.15, 0.2) is 0 Å². The number of nitrogens with two attached hydrogens (primary N) is 1. The Morgan fingerprint density at radius 3 is 2.90 bits per heavy atom. The highest BCUT2D eigenvalue weighted by molar-refractivity contribution is 9.10. The predicted molar refractivity (Wildman–Crippen MR) is 86.6 cm³/mol. The van der Waals surface area contributed by atoms with Gasteiger partial charge in [-0.1, -0.05) is 6.92 Å². The van der Waals surface area contributed by atoms with E-state index >= 15 is 0 Å². The zero-order valence-electron chi connectivity index (χ0n) is 12.4. The molecular weight excluding hydrogens is 316 g/mol. The molecule has 20 heavy (non-hydrogen) atoms. The van der Waals surface area contributed by atoms with Crippen LogP contribution in [-0.4, -0.2) is 54.1 Å². The average Bonchev–Trinajstić information content (AvgIpc) is 2.62. The largest absolute Gasteiger partial charge is 0.329 e. The minimum atomic E-state index is 0.261. The molecule has 2 heterocycles. The lowest BCUT2D eigenvalue weighted by molar-refractivity contribution is 0.131. The van der Waals surface area contributed by atoms with Crippen LogP contribution in [0.3, 0.4) is 0 Å². The topological polar surface area (TPSA) is 45.4 Å². The SMILES string of the molecule is CCC1CN(C)CCCN1C(CN)c1cncc(Br)c1. The minimum absolute atomic E-state index is 0.261. The van der Waals surface area contributed by atoms with Crippen molar-refractivity contribution in [2.75, 3.05) is 33.2 Å². The summed E-state index contributed by atoms with van der Waals surface area (Å²) in [6, 6.07) is 2.97. The first-order chi connectivity index (χ1) is 9.65. The molecule has 0 amide bonds. The van der Waals surface area contributed by atoms with Gasteiger partial charge < -0.3 is 10.6 Å². The van der Waals surface area contributed by atoms with Crippen LogP contribution in [0.25, 0.3) is 0 Å². The second-order valence-electron chi connectivity index (χ2n) is 5.60. The average molecular weight is 341 g/mol. The molecule has 0 aromatic carbocycles. The normalized spacial score (nSPS) is 23.5. The standard InChI is InChI=1S/C15H25BrN4/c1-3-14-11-19(2)5-4-6-20(14)15(8-17)12-7-13(16)10-18-9-12/h7,9-10,14-15H,3-6,8,11,17H2,1-2H3. The molecule has 2 unspecified atom stereocenters. The Morgan fingerprint density at radius 1 is 1.45 bits per heavy atom. The summed E-state index contributed by atoms with van der Waals surface area (Å²) in [5, 5.41) is 0. The van der Waals surface area contributed by atoms with Gasteiger partial charge in [-0.3, -0.25) is 9.88 Å². The van der Waals surface area contributed by atoms with Gasteiger partial charge in [0.05, 0.1) is 0 Å². The third kappa shape index (κ3) is 3.79. The van der Waals surface area contributed by atoms with Crippen LogP contribution in [0.5, 0.6) is 0 Å². The zero-order chi connectivity index (χ0) is 14.5. The third-order valence-corrected chi connectivity index (χ3v) is 4.59. The monoisotopic (exact) mass is 340 g/mol. The first kappa shape index (κ1) is 15.9. The van der Waals surface area contributed by atoms with E-state index in [-0.39, 0.29) is 6.04 Å². The second kappa shape index (κ2) is 7.50. The first-order valence-electron chi connectivity index (χ1n) is 7.40. The predicted octanol–water partition coefficient (Wildman–Crippen LogP) is 2.26. The van der Waals surface area contributed by atoms with Crippen LogP contribution in [0.2, 0.25) is 0 Å². The fraction of sp³-hybridized carbons (Fsp3) is 0.667. The Bertz CT molecular complexity index is 426. The Balaban J connectivity index is 2.24. The van der Waals surface area contributed by atoms with Crippen molar-refractivity contribution >= 4 is 15.9 Å². The molecule has 0 aliphatic carbocycles. The van der Waals surface area contributed by atoms with Gasteiger partial charge in [0.1, 0.15) is 0 Å². The van der Waals surface area contributed by atoms with E-state index in [9.17, 15) is 0 Å². The summed E-state index contributed by atoms with van der Waals surface area (Å²) in [4.78, 5) is 9.31. The number of rotatable bonds is 4. The number of nitrogens with zero attached hydrogens (tertiary/aromatic N) is 3. The molecule has 1 saturated heterocycles. The van der Waals surface area contributed by atoms with Crippen molar-refractivity contribution in [3.05, 3.63) is 28.5 Å². The highest BCUT2D eigenvalue weighted by Crippen LogP contribution is 2.26. The molecule has 0 spiro atoms. The van der Waals surface area contributed by atoms with Crippen molar-refractivity contribution in [3.8, 4) is 0 Å². The Morgan fingerprint density at radius 2 is 2.25 bits per heavy atom. The van der Waals surface area contributed by atoms with E-state index in [1.807, 2.05) is 12.4 Å². The van der Waals surface area contributed by atoms with Crippen molar-refractivity contribution in [1.29, 1.82) is 0 Å². The van der Waals surface area contributed by atoms with E-state index in [0.29, 0.717) is 12.6 Å². The van der Waals surface area contributed by atoms with Crippen molar-refractivity contribution in [1.82, 2.24) is 14.8 Å². The molecule has 5 heteroatoms. The molecule has 1 fully saturated rings. The number of halogens is 1. The Hall–Kier alpha value is -0.490. The van der Waals surface area contributed by atoms with Crippen LogP contribution >= 0.6 is 15.9 Å². The van der Waals surface area contributed by atoms with Crippen LogP contribution < -0.4 is 5.73 Å². The third-order valence-electron chi connectivity index (χ3n) is 4.15. The van der Waals surface area contributed by atoms with E-state index in [1.165, 1.54) is 18.5 Å². The van der Waals surface area contributed by atoms with E-state index in [2.05, 4.69) is 50.8 Å². The van der Waals surface area contributed by atoms with Gasteiger partial charge in [-0.2, -0.15) is 0 Å². The maximum atomic E-state index is 6.09. The highest BCUT2D eigenvalue weighted by atomic mass is 79.9. The van der Waals surface area contributed by atoms with Crippen LogP contribution in [-0.2, 0) is 0 Å². The summed E-state index contributed by atoms with van der Waals surface area (Å²) in [6.45, 7) is 6.30. The van der Waals surface area contributed by atoms with Crippen LogP contribution in [0, 0.1) is 0 Å². The highest BCUT2D eigenvalue weighted by Gasteiger charge is 2.28. The van der Waals surface area contributed by atoms with Gasteiger partial charge in [-0.25, -0.2) is 0 Å². The number of likely N-dealkylation sites (N-methyl/N-ethyl adjacent to an activating group) is 1. The van der Waals surface area contributed by atoms with Gasteiger partial charge in [0.25, 0.3) is 0 Å². The molecule has 0 bridgehead atoms. The summed E-state index contributed by atoms with van der Waals surface area (Å²) in [6.07, 6.45) is 6.13. The molecule has 4 nitrogen and oxygen atoms in total. The molecule has 0 radical (unpaired) electrons. The number of hydrogen-bond acceptors (Lipinski definition) is 4. The Labute approximate surface area is 130 Å². The summed E-state index contributed by atoms with van der Waals surface area (Å²) in [5.74, 6) is 0. The number of aromatic nitrogens is 1. The van der Waals surface area contributed by atoms with Crippen molar-refractivity contribution in [2.24, 2.45) is 5.73 Å². The fourth-order valence-corrected chi connectivity index (χ4v) is 3.49. The lowest BCUT2D eigenvalue weighted by Crippen LogP contribution is -2.44. The van der Waals surface area contributed by atoms with E-state index in [4.69, 9.17) is 5.73 Å². The van der Waals surface area contributed by atoms with Crippen LogP contribution in [0.15, 0.2) is 22.9 Å². The van der Waals surface area contributed by atoms with E-state index in [1.54, 1.807) is 0 Å². The molecule has 2 N–H and O–H groups in total. The number of hydrogen-bond donors (Lipinski definition) is 1. The minimum Gasteiger partial charge on any atom is -0.329 e. The lowest BCUT2D eigenvalue weighted by Gasteiger charge is -2.36. The molecule has 1 aromatic heterocycles. The molecular formula is C15H25BrN4. The maximum Gasteiger partial charge on any atom is 0.0489 e. The van der Waals surface area contributed by atoms with Crippen LogP contribution in [0.1, 0.15) is 31.4 Å². The summed E-state index contributed by atoms with van der Waals surface area (Å²) >= 11 is 3.51. The molecule has 2 rings (SSSR count). The van der Waals surface area contributed by atoms with Crippen LogP contribution in [0.4, 0.5) is 0 Å². The smallest absolute Gasteiger partial charge is 0.0489 e. The summed E-state index contributed by atoms with van der Waals surface area (Å²) in [7, 11) is 2.21. The van der Waals surface area contributed by atoms with Gasteiger partial charge >= 0.3 is 0 Å². The molecule has 2 atom stereocenters. The van der Waals surface area contributed by atoms with Gasteiger partial charge in [0, 0.05) is 48.6 Å². The quantitative estimate of drug-likeness (QED) is 0.913. The lowest BCUT2D eigenvalue weighted by atomic mass is 10.0. The summed E-state index contributed by atoms with van der Waals surface area (Å²) < 4.78 is 1.02. The van der Waals surface area contributed by atoms with E-state index < -0.39 is 0 Å². The molecule has 1 aromatic rings. The maximum absolute atomic E-state index is 6.09. The second-order valence-corrected chi connectivity index (χ2v) is 6.52. The molecule has 1 aliphatic heterocycles. The molecule has 1 aliphatic rings. The van der Waals surface area contributed by atoms with Crippen molar-refractivity contribution < 1.29 is 0 Å².